The fourth-order valence-corrected chi connectivity index (χ4v) is 3.28. The SMILES string of the molecule is N#Cc1ccc(OCCN2CCN(CC(=O)Nc3nccs3)CC2)cc1. The Bertz CT molecular complexity index is 734. The average molecular weight is 371 g/mol. The lowest BCUT2D eigenvalue weighted by atomic mass is 10.2. The largest absolute Gasteiger partial charge is 0.492 e. The van der Waals surface area contributed by atoms with Crippen LogP contribution in [0.2, 0.25) is 0 Å². The average Bonchev–Trinajstić information content (AvgIpc) is 3.16. The Balaban J connectivity index is 1.32. The molecule has 0 unspecified atom stereocenters. The van der Waals surface area contributed by atoms with E-state index in [1.165, 1.54) is 11.3 Å². The Morgan fingerprint density at radius 1 is 1.23 bits per heavy atom. The fraction of sp³-hybridized carbons (Fsp3) is 0.389. The van der Waals surface area contributed by atoms with E-state index < -0.39 is 0 Å². The second-order valence-corrected chi connectivity index (χ2v) is 6.88. The fourth-order valence-electron chi connectivity index (χ4n) is 2.74. The Kier molecular flexibility index (Phi) is 6.55. The number of rotatable bonds is 7. The minimum Gasteiger partial charge on any atom is -0.492 e. The van der Waals surface area contributed by atoms with Crippen LogP contribution in [0, 0.1) is 11.3 Å². The van der Waals surface area contributed by atoms with Crippen LogP contribution in [0.3, 0.4) is 0 Å². The molecule has 1 saturated heterocycles. The van der Waals surface area contributed by atoms with E-state index in [0.717, 1.165) is 38.5 Å². The van der Waals surface area contributed by atoms with E-state index in [0.29, 0.717) is 23.8 Å². The van der Waals surface area contributed by atoms with Gasteiger partial charge in [-0.05, 0) is 24.3 Å². The van der Waals surface area contributed by atoms with E-state index in [9.17, 15) is 4.79 Å². The zero-order valence-corrected chi connectivity index (χ0v) is 15.2. The molecule has 0 spiro atoms. The molecule has 0 saturated carbocycles. The van der Waals surface area contributed by atoms with E-state index in [2.05, 4.69) is 26.2 Å². The van der Waals surface area contributed by atoms with Crippen molar-refractivity contribution >= 4 is 22.4 Å². The molecule has 3 rings (SSSR count). The van der Waals surface area contributed by atoms with Crippen LogP contribution in [0.4, 0.5) is 5.13 Å². The topological polar surface area (TPSA) is 81.5 Å². The summed E-state index contributed by atoms with van der Waals surface area (Å²) in [6.07, 6.45) is 1.68. The molecule has 26 heavy (non-hydrogen) atoms. The number of hydrogen-bond donors (Lipinski definition) is 1. The molecule has 1 aliphatic heterocycles. The molecule has 0 aliphatic carbocycles. The molecule has 136 valence electrons. The first-order valence-corrected chi connectivity index (χ1v) is 9.38. The maximum atomic E-state index is 12.0. The molecular weight excluding hydrogens is 350 g/mol. The first-order chi connectivity index (χ1) is 12.7. The van der Waals surface area contributed by atoms with Crippen molar-refractivity contribution in [2.75, 3.05) is 51.2 Å². The van der Waals surface area contributed by atoms with Gasteiger partial charge in [0, 0.05) is 44.3 Å². The summed E-state index contributed by atoms with van der Waals surface area (Å²) in [5, 5.41) is 14.1. The van der Waals surface area contributed by atoms with Crippen LogP contribution in [0.25, 0.3) is 0 Å². The molecule has 1 amide bonds. The van der Waals surface area contributed by atoms with Crippen LogP contribution in [0.5, 0.6) is 5.75 Å². The highest BCUT2D eigenvalue weighted by Crippen LogP contribution is 2.12. The van der Waals surface area contributed by atoms with E-state index in [1.807, 2.05) is 17.5 Å². The van der Waals surface area contributed by atoms with Gasteiger partial charge in [0.25, 0.3) is 0 Å². The van der Waals surface area contributed by atoms with Crippen LogP contribution >= 0.6 is 11.3 Å². The van der Waals surface area contributed by atoms with Crippen LogP contribution in [-0.2, 0) is 4.79 Å². The Morgan fingerprint density at radius 2 is 1.96 bits per heavy atom. The molecule has 2 aromatic rings. The van der Waals surface area contributed by atoms with E-state index in [4.69, 9.17) is 10.00 Å². The molecule has 2 heterocycles. The minimum atomic E-state index is -0.0162. The number of ether oxygens (including phenoxy) is 1. The Hall–Kier alpha value is -2.47. The van der Waals surface area contributed by atoms with Gasteiger partial charge >= 0.3 is 0 Å². The number of nitrogens with zero attached hydrogens (tertiary/aromatic N) is 4. The highest BCUT2D eigenvalue weighted by Gasteiger charge is 2.19. The second-order valence-electron chi connectivity index (χ2n) is 5.99. The van der Waals surface area contributed by atoms with Gasteiger partial charge in [-0.15, -0.1) is 11.3 Å². The lowest BCUT2D eigenvalue weighted by molar-refractivity contribution is -0.117. The third kappa shape index (κ3) is 5.52. The number of nitriles is 1. The lowest BCUT2D eigenvalue weighted by Crippen LogP contribution is -2.49. The third-order valence-electron chi connectivity index (χ3n) is 4.17. The first-order valence-electron chi connectivity index (χ1n) is 8.50. The molecule has 0 radical (unpaired) electrons. The van der Waals surface area contributed by atoms with Crippen LogP contribution in [0.15, 0.2) is 35.8 Å². The van der Waals surface area contributed by atoms with Crippen molar-refractivity contribution in [1.82, 2.24) is 14.8 Å². The summed E-state index contributed by atoms with van der Waals surface area (Å²) in [5.41, 5.74) is 0.632. The van der Waals surface area contributed by atoms with Gasteiger partial charge in [-0.1, -0.05) is 0 Å². The molecule has 1 aromatic carbocycles. The monoisotopic (exact) mass is 371 g/mol. The minimum absolute atomic E-state index is 0.0162. The summed E-state index contributed by atoms with van der Waals surface area (Å²) < 4.78 is 5.72. The standard InChI is InChI=1S/C18H21N5O2S/c19-13-15-1-3-16(4-2-15)25-11-10-22-6-8-23(9-7-22)14-17(24)21-18-20-5-12-26-18/h1-5,12H,6-11,14H2,(H,20,21,24). The number of anilines is 1. The molecule has 1 fully saturated rings. The number of carbonyl (C=O) groups excluding carboxylic acids is 1. The molecule has 8 heteroatoms. The summed E-state index contributed by atoms with van der Waals surface area (Å²) in [5.74, 6) is 0.763. The maximum absolute atomic E-state index is 12.0. The van der Waals surface area contributed by atoms with Crippen molar-refractivity contribution in [3.05, 3.63) is 41.4 Å². The number of benzene rings is 1. The smallest absolute Gasteiger partial charge is 0.240 e. The van der Waals surface area contributed by atoms with Crippen molar-refractivity contribution in [2.45, 2.75) is 0 Å². The predicted molar refractivity (Wildman–Crippen MR) is 100 cm³/mol. The Morgan fingerprint density at radius 3 is 2.62 bits per heavy atom. The van der Waals surface area contributed by atoms with Crippen LogP contribution in [-0.4, -0.2) is 66.6 Å². The predicted octanol–water partition coefficient (Wildman–Crippen LogP) is 1.65. The normalized spacial score (nSPS) is 15.3. The highest BCUT2D eigenvalue weighted by atomic mass is 32.1. The van der Waals surface area contributed by atoms with Crippen molar-refractivity contribution in [2.24, 2.45) is 0 Å². The number of piperazine rings is 1. The molecule has 0 bridgehead atoms. The van der Waals surface area contributed by atoms with Gasteiger partial charge in [-0.2, -0.15) is 5.26 Å². The quantitative estimate of drug-likeness (QED) is 0.797. The number of amides is 1. The van der Waals surface area contributed by atoms with Crippen LogP contribution < -0.4 is 10.1 Å². The Labute approximate surface area is 156 Å². The van der Waals surface area contributed by atoms with Gasteiger partial charge in [-0.25, -0.2) is 4.98 Å². The van der Waals surface area contributed by atoms with E-state index in [1.54, 1.807) is 18.3 Å². The van der Waals surface area contributed by atoms with Gasteiger partial charge in [0.1, 0.15) is 12.4 Å². The van der Waals surface area contributed by atoms with Crippen molar-refractivity contribution < 1.29 is 9.53 Å². The summed E-state index contributed by atoms with van der Waals surface area (Å²) >= 11 is 1.42. The molecule has 1 aromatic heterocycles. The van der Waals surface area contributed by atoms with Crippen molar-refractivity contribution in [1.29, 1.82) is 5.26 Å². The van der Waals surface area contributed by atoms with Gasteiger partial charge in [0.2, 0.25) is 5.91 Å². The third-order valence-corrected chi connectivity index (χ3v) is 4.86. The summed E-state index contributed by atoms with van der Waals surface area (Å²) in [6.45, 7) is 5.41. The van der Waals surface area contributed by atoms with Crippen LogP contribution in [0.1, 0.15) is 5.56 Å². The van der Waals surface area contributed by atoms with Gasteiger partial charge in [0.05, 0.1) is 18.2 Å². The lowest BCUT2D eigenvalue weighted by Gasteiger charge is -2.34. The number of aromatic nitrogens is 1. The zero-order valence-electron chi connectivity index (χ0n) is 14.4. The maximum Gasteiger partial charge on any atom is 0.240 e. The molecular formula is C18H21N5O2S. The van der Waals surface area contributed by atoms with E-state index >= 15 is 0 Å². The van der Waals surface area contributed by atoms with Crippen molar-refractivity contribution in [3.63, 3.8) is 0 Å². The first kappa shape index (κ1) is 18.3. The van der Waals surface area contributed by atoms with E-state index in [-0.39, 0.29) is 5.91 Å². The molecule has 1 N–H and O–H groups in total. The summed E-state index contributed by atoms with van der Waals surface area (Å²) in [6, 6.07) is 9.24. The highest BCUT2D eigenvalue weighted by molar-refractivity contribution is 7.13. The molecule has 0 atom stereocenters. The van der Waals surface area contributed by atoms with Gasteiger partial charge < -0.3 is 10.1 Å². The number of carbonyl (C=O) groups is 1. The van der Waals surface area contributed by atoms with Gasteiger partial charge in [-0.3, -0.25) is 14.6 Å². The number of thiazole rings is 1. The summed E-state index contributed by atoms with van der Waals surface area (Å²) in [7, 11) is 0. The van der Waals surface area contributed by atoms with Crippen molar-refractivity contribution in [3.8, 4) is 11.8 Å². The zero-order chi connectivity index (χ0) is 18.2. The second kappa shape index (κ2) is 9.29. The molecule has 1 aliphatic rings. The number of hydrogen-bond acceptors (Lipinski definition) is 7. The number of nitrogens with one attached hydrogen (secondary N) is 1. The summed E-state index contributed by atoms with van der Waals surface area (Å²) in [4.78, 5) is 20.5. The van der Waals surface area contributed by atoms with Gasteiger partial charge in [0.15, 0.2) is 5.13 Å². The molecule has 7 nitrogen and oxygen atoms in total.